The number of hydrogen-bond donors (Lipinski definition) is 2. The maximum atomic E-state index is 14.8. The van der Waals surface area contributed by atoms with Gasteiger partial charge in [0.05, 0.1) is 35.7 Å². The van der Waals surface area contributed by atoms with Crippen molar-refractivity contribution in [3.05, 3.63) is 47.0 Å². The van der Waals surface area contributed by atoms with E-state index in [2.05, 4.69) is 0 Å². The SMILES string of the molecule is COC1C(=O)C2(C)C(OC)CC3OCC3(O)C2C(C)C2(O)CC(OC(=O)C(C)C(C)c3ccccc3)C(C)=C1C2(C)C.[Ac]. The van der Waals surface area contributed by atoms with Crippen LogP contribution in [-0.4, -0.2) is 78.4 Å². The minimum Gasteiger partial charge on any atom is -0.457 e. The molecule has 1 heterocycles. The first-order valence-electron chi connectivity index (χ1n) is 15.2. The Morgan fingerprint density at radius 2 is 1.70 bits per heavy atom. The third-order valence-electron chi connectivity index (χ3n) is 12.0. The Hall–Kier alpha value is -0.658. The molecule has 2 bridgehead atoms. The molecule has 0 amide bonds. The van der Waals surface area contributed by atoms with Crippen molar-refractivity contribution in [2.24, 2.45) is 28.6 Å². The Morgan fingerprint density at radius 1 is 1.07 bits per heavy atom. The predicted octanol–water partition coefficient (Wildman–Crippen LogP) is 4.22. The Labute approximate surface area is 291 Å². The first kappa shape index (κ1) is 35.2. The van der Waals surface area contributed by atoms with Gasteiger partial charge in [-0.1, -0.05) is 65.0 Å². The number of aliphatic hydroxyl groups is 2. The molecule has 1 aliphatic heterocycles. The van der Waals surface area contributed by atoms with Crippen molar-refractivity contribution in [2.45, 2.75) is 103 Å². The molecule has 11 unspecified atom stereocenters. The van der Waals surface area contributed by atoms with E-state index >= 15 is 0 Å². The van der Waals surface area contributed by atoms with E-state index in [1.165, 1.54) is 7.11 Å². The van der Waals surface area contributed by atoms with Crippen LogP contribution in [0.4, 0.5) is 0 Å². The molecule has 5 rings (SSSR count). The standard InChI is InChI=1S/C34H48O8.Ac/c1-18(22-13-11-10-12-14-22)19(2)30(36)42-23-16-34(38)21(4)28-32(7,24(39-8)15-25-33(28,37)17-41-25)29(35)27(40-9)26(20(23)3)31(34,5)6;/h10-14,18-19,21,23-25,27-28,37-38H,15-17H2,1-9H3;. The first-order chi connectivity index (χ1) is 19.6. The van der Waals surface area contributed by atoms with Gasteiger partial charge in [-0.3, -0.25) is 9.59 Å². The van der Waals surface area contributed by atoms with E-state index in [1.807, 2.05) is 78.8 Å². The van der Waals surface area contributed by atoms with Crippen LogP contribution in [0.1, 0.15) is 72.8 Å². The molecular weight excluding hydrogens is 763 g/mol. The second kappa shape index (κ2) is 12.2. The fraction of sp³-hybridized carbons (Fsp3) is 0.706. The molecule has 1 saturated heterocycles. The average Bonchev–Trinajstić information content (AvgIpc) is 2.96. The molecule has 9 heteroatoms. The smallest absolute Gasteiger partial charge is 0.309 e. The zero-order valence-electron chi connectivity index (χ0n) is 27.0. The van der Waals surface area contributed by atoms with Gasteiger partial charge in [0.25, 0.3) is 0 Å². The number of Topliss-reactive ketones (excluding diaryl/α,β-unsaturated/α-hetero) is 1. The molecule has 11 atom stereocenters. The zero-order valence-corrected chi connectivity index (χ0v) is 31.8. The Kier molecular flexibility index (Phi) is 9.97. The summed E-state index contributed by atoms with van der Waals surface area (Å²) in [5.74, 6) is -2.35. The number of rotatable bonds is 6. The number of fused-ring (bicyclic) bond motifs is 5. The summed E-state index contributed by atoms with van der Waals surface area (Å²) in [5, 5.41) is 25.0. The third kappa shape index (κ3) is 4.98. The van der Waals surface area contributed by atoms with E-state index in [0.717, 1.165) is 11.1 Å². The van der Waals surface area contributed by atoms with E-state index in [1.54, 1.807) is 7.11 Å². The largest absolute Gasteiger partial charge is 0.457 e. The minimum absolute atomic E-state index is 0. The van der Waals surface area contributed by atoms with Gasteiger partial charge in [-0.05, 0) is 42.4 Å². The zero-order chi connectivity index (χ0) is 31.0. The fourth-order valence-electron chi connectivity index (χ4n) is 9.12. The fourth-order valence-corrected chi connectivity index (χ4v) is 9.12. The molecule has 0 spiro atoms. The number of esters is 1. The molecule has 3 fully saturated rings. The van der Waals surface area contributed by atoms with Gasteiger partial charge in [0.15, 0.2) is 5.78 Å². The summed E-state index contributed by atoms with van der Waals surface area (Å²) < 4.78 is 24.0. The van der Waals surface area contributed by atoms with Crippen molar-refractivity contribution in [1.82, 2.24) is 0 Å². The van der Waals surface area contributed by atoms with E-state index in [9.17, 15) is 19.8 Å². The van der Waals surface area contributed by atoms with Gasteiger partial charge in [0, 0.05) is 82.5 Å². The number of ether oxygens (including phenoxy) is 4. The number of carbonyl (C=O) groups is 2. The van der Waals surface area contributed by atoms with Crippen molar-refractivity contribution in [3.8, 4) is 0 Å². The molecule has 2 saturated carbocycles. The number of ketones is 1. The first-order valence-corrected chi connectivity index (χ1v) is 15.2. The van der Waals surface area contributed by atoms with Gasteiger partial charge in [0.2, 0.25) is 0 Å². The molecule has 1 aromatic carbocycles. The summed E-state index contributed by atoms with van der Waals surface area (Å²) in [7, 11) is 3.07. The topological polar surface area (TPSA) is 112 Å². The van der Waals surface area contributed by atoms with Crippen molar-refractivity contribution in [2.75, 3.05) is 20.8 Å². The molecular formula is C34H48AcO8. The van der Waals surface area contributed by atoms with E-state index in [-0.39, 0.29) is 74.8 Å². The van der Waals surface area contributed by atoms with Crippen LogP contribution in [0.25, 0.3) is 0 Å². The van der Waals surface area contributed by atoms with Gasteiger partial charge >= 0.3 is 5.97 Å². The Morgan fingerprint density at radius 3 is 2.23 bits per heavy atom. The molecule has 235 valence electrons. The van der Waals surface area contributed by atoms with Crippen LogP contribution in [0.2, 0.25) is 0 Å². The van der Waals surface area contributed by atoms with Gasteiger partial charge in [0.1, 0.15) is 17.8 Å². The van der Waals surface area contributed by atoms with E-state index in [4.69, 9.17) is 18.9 Å². The summed E-state index contributed by atoms with van der Waals surface area (Å²) in [6.07, 6.45) is -2.33. The number of benzene rings is 1. The minimum atomic E-state index is -1.46. The predicted molar refractivity (Wildman–Crippen MR) is 157 cm³/mol. The van der Waals surface area contributed by atoms with Crippen LogP contribution in [0.3, 0.4) is 0 Å². The van der Waals surface area contributed by atoms with Crippen LogP contribution >= 0.6 is 0 Å². The summed E-state index contributed by atoms with van der Waals surface area (Å²) in [6, 6.07) is 9.84. The van der Waals surface area contributed by atoms with Crippen LogP contribution < -0.4 is 0 Å². The molecule has 4 aliphatic rings. The molecule has 3 aliphatic carbocycles. The third-order valence-corrected chi connectivity index (χ3v) is 12.0. The molecule has 1 radical (unpaired) electrons. The normalized spacial score (nSPS) is 41.3. The number of methoxy groups -OCH3 is 2. The summed E-state index contributed by atoms with van der Waals surface area (Å²) in [6.45, 7) is 13.4. The van der Waals surface area contributed by atoms with Gasteiger partial charge in [-0.25, -0.2) is 0 Å². The van der Waals surface area contributed by atoms with Crippen LogP contribution in [-0.2, 0) is 28.5 Å². The van der Waals surface area contributed by atoms with Crippen molar-refractivity contribution in [3.63, 3.8) is 0 Å². The van der Waals surface area contributed by atoms with E-state index < -0.39 is 64.2 Å². The molecule has 2 N–H and O–H groups in total. The van der Waals surface area contributed by atoms with Crippen LogP contribution in [0.15, 0.2) is 41.5 Å². The van der Waals surface area contributed by atoms with Gasteiger partial charge in [-0.15, -0.1) is 0 Å². The monoisotopic (exact) mass is 811 g/mol. The van der Waals surface area contributed by atoms with Gasteiger partial charge in [-0.2, -0.15) is 0 Å². The quantitative estimate of drug-likeness (QED) is 0.325. The Bertz CT molecular complexity index is 1260. The maximum Gasteiger partial charge on any atom is 0.309 e. The van der Waals surface area contributed by atoms with Crippen LogP contribution in [0.5, 0.6) is 0 Å². The average molecular weight is 812 g/mol. The molecule has 43 heavy (non-hydrogen) atoms. The number of carbonyl (C=O) groups excluding carboxylic acids is 2. The van der Waals surface area contributed by atoms with Crippen molar-refractivity contribution in [1.29, 1.82) is 0 Å². The molecule has 1 aromatic rings. The second-order valence-corrected chi connectivity index (χ2v) is 14.0. The van der Waals surface area contributed by atoms with Crippen LogP contribution in [0, 0.1) is 72.6 Å². The Balaban J connectivity index is 0.00000423. The summed E-state index contributed by atoms with van der Waals surface area (Å²) in [5.41, 5.74) is -2.48. The second-order valence-electron chi connectivity index (χ2n) is 14.0. The molecule has 8 nitrogen and oxygen atoms in total. The van der Waals surface area contributed by atoms with Gasteiger partial charge < -0.3 is 29.2 Å². The van der Waals surface area contributed by atoms with Crippen molar-refractivity contribution >= 4 is 11.8 Å². The number of hydrogen-bond acceptors (Lipinski definition) is 8. The maximum absolute atomic E-state index is 14.8. The summed E-state index contributed by atoms with van der Waals surface area (Å²) >= 11 is 0. The molecule has 0 aromatic heterocycles. The van der Waals surface area contributed by atoms with E-state index in [0.29, 0.717) is 12.0 Å². The van der Waals surface area contributed by atoms with Crippen molar-refractivity contribution < 1.29 is 82.8 Å². The summed E-state index contributed by atoms with van der Waals surface area (Å²) in [4.78, 5) is 28.4.